The number of nitrogens with zero attached hydrogens (tertiary/aromatic N) is 1. The minimum atomic E-state index is 0.155. The molecule has 0 bridgehead atoms. The van der Waals surface area contributed by atoms with Crippen molar-refractivity contribution in [3.05, 3.63) is 20.8 Å². The first-order valence-corrected chi connectivity index (χ1v) is 9.34. The molecule has 1 N–H and O–H groups in total. The van der Waals surface area contributed by atoms with Crippen LogP contribution in [0.1, 0.15) is 45.9 Å². The summed E-state index contributed by atoms with van der Waals surface area (Å²) in [5, 5.41) is 5.94. The summed E-state index contributed by atoms with van der Waals surface area (Å²) in [5.74, 6) is 0. The van der Waals surface area contributed by atoms with Crippen LogP contribution in [0.3, 0.4) is 0 Å². The van der Waals surface area contributed by atoms with Gasteiger partial charge in [-0.2, -0.15) is 0 Å². The van der Waals surface area contributed by atoms with Crippen LogP contribution in [0, 0.1) is 0 Å². The Balaban J connectivity index is 2.90. The Morgan fingerprint density at radius 3 is 2.40 bits per heavy atom. The number of nitrogens with one attached hydrogen (secondary N) is 1. The lowest BCUT2D eigenvalue weighted by molar-refractivity contribution is 0.0914. The number of thiophene rings is 1. The number of rotatable bonds is 9. The average molecular weight is 361 g/mol. The van der Waals surface area contributed by atoms with E-state index in [2.05, 4.69) is 72.2 Å². The van der Waals surface area contributed by atoms with Crippen LogP contribution >= 0.6 is 27.3 Å². The molecule has 0 fully saturated rings. The second-order valence-electron chi connectivity index (χ2n) is 5.73. The molecular weight excluding hydrogens is 332 g/mol. The molecule has 1 atom stereocenters. The van der Waals surface area contributed by atoms with Crippen molar-refractivity contribution in [3.8, 4) is 0 Å². The Bertz CT molecular complexity index is 386. The molecule has 0 aliphatic heterocycles. The van der Waals surface area contributed by atoms with E-state index in [0.29, 0.717) is 6.04 Å². The Labute approximate surface area is 137 Å². The maximum Gasteiger partial charge on any atom is 0.0314 e. The van der Waals surface area contributed by atoms with Crippen LogP contribution in [0.2, 0.25) is 0 Å². The second kappa shape index (κ2) is 8.52. The van der Waals surface area contributed by atoms with E-state index >= 15 is 0 Å². The van der Waals surface area contributed by atoms with Crippen LogP contribution in [-0.4, -0.2) is 36.1 Å². The van der Waals surface area contributed by atoms with E-state index in [1.54, 1.807) is 0 Å². The van der Waals surface area contributed by atoms with Crippen LogP contribution in [0.25, 0.3) is 0 Å². The van der Waals surface area contributed by atoms with Crippen molar-refractivity contribution in [2.45, 2.75) is 59.0 Å². The molecular formula is C16H29BrN2S. The average Bonchev–Trinajstić information content (AvgIpc) is 2.81. The first kappa shape index (κ1) is 18.1. The number of halogens is 1. The van der Waals surface area contributed by atoms with Gasteiger partial charge < -0.3 is 5.32 Å². The van der Waals surface area contributed by atoms with E-state index < -0.39 is 0 Å². The van der Waals surface area contributed by atoms with E-state index in [0.717, 1.165) is 26.1 Å². The van der Waals surface area contributed by atoms with Crippen molar-refractivity contribution in [1.82, 2.24) is 10.2 Å². The van der Waals surface area contributed by atoms with Gasteiger partial charge in [-0.25, -0.2) is 0 Å². The summed E-state index contributed by atoms with van der Waals surface area (Å²) in [4.78, 5) is 4.00. The van der Waals surface area contributed by atoms with Crippen LogP contribution < -0.4 is 5.32 Å². The van der Waals surface area contributed by atoms with Gasteiger partial charge in [-0.15, -0.1) is 11.3 Å². The van der Waals surface area contributed by atoms with Crippen LogP contribution in [0.15, 0.2) is 15.9 Å². The van der Waals surface area contributed by atoms with Gasteiger partial charge in [0.2, 0.25) is 0 Å². The fourth-order valence-electron chi connectivity index (χ4n) is 2.81. The molecule has 4 heteroatoms. The summed E-state index contributed by atoms with van der Waals surface area (Å²) in [5.41, 5.74) is 0.155. The highest BCUT2D eigenvalue weighted by Crippen LogP contribution is 2.28. The highest BCUT2D eigenvalue weighted by atomic mass is 79.9. The van der Waals surface area contributed by atoms with Crippen molar-refractivity contribution in [1.29, 1.82) is 0 Å². The zero-order valence-electron chi connectivity index (χ0n) is 13.5. The molecule has 0 aliphatic carbocycles. The maximum absolute atomic E-state index is 3.77. The molecule has 2 nitrogen and oxygen atoms in total. The molecule has 0 saturated carbocycles. The number of likely N-dealkylation sites (N-methyl/N-ethyl adjacent to an activating group) is 1. The third-order valence-corrected chi connectivity index (χ3v) is 6.10. The van der Waals surface area contributed by atoms with E-state index in [4.69, 9.17) is 0 Å². The van der Waals surface area contributed by atoms with Gasteiger partial charge >= 0.3 is 0 Å². The summed E-state index contributed by atoms with van der Waals surface area (Å²) < 4.78 is 1.25. The summed E-state index contributed by atoms with van der Waals surface area (Å²) in [6, 6.07) is 2.62. The normalized spacial score (nSPS) is 13.9. The minimum Gasteiger partial charge on any atom is -0.312 e. The quantitative estimate of drug-likeness (QED) is 0.695. The molecule has 0 saturated heterocycles. The lowest BCUT2D eigenvalue weighted by Crippen LogP contribution is -2.58. The zero-order valence-corrected chi connectivity index (χ0v) is 15.9. The molecule has 116 valence electrons. The molecule has 0 spiro atoms. The monoisotopic (exact) mass is 360 g/mol. The zero-order chi connectivity index (χ0) is 15.2. The molecule has 1 heterocycles. The third-order valence-electron chi connectivity index (χ3n) is 4.15. The van der Waals surface area contributed by atoms with Gasteiger partial charge in [-0.05, 0) is 73.7 Å². The molecule has 0 aliphatic rings. The predicted octanol–water partition coefficient (Wildman–Crippen LogP) is 4.54. The molecule has 0 radical (unpaired) electrons. The highest BCUT2D eigenvalue weighted by Gasteiger charge is 2.34. The molecule has 20 heavy (non-hydrogen) atoms. The van der Waals surface area contributed by atoms with Gasteiger partial charge in [0, 0.05) is 20.9 Å². The van der Waals surface area contributed by atoms with Crippen LogP contribution in [0.5, 0.6) is 0 Å². The van der Waals surface area contributed by atoms with Crippen molar-refractivity contribution in [3.63, 3.8) is 0 Å². The SMILES string of the molecule is CCCNC(Cc1sccc1Br)C(C)(C)N(CC)CC. The van der Waals surface area contributed by atoms with E-state index in [-0.39, 0.29) is 5.54 Å². The fourth-order valence-corrected chi connectivity index (χ4v) is 4.37. The maximum atomic E-state index is 3.77. The molecule has 1 rings (SSSR count). The van der Waals surface area contributed by atoms with Gasteiger partial charge in [-0.1, -0.05) is 20.8 Å². The molecule has 1 aromatic rings. The predicted molar refractivity (Wildman–Crippen MR) is 94.8 cm³/mol. The Morgan fingerprint density at radius 1 is 1.30 bits per heavy atom. The third kappa shape index (κ3) is 4.55. The van der Waals surface area contributed by atoms with Crippen molar-refractivity contribution < 1.29 is 0 Å². The number of hydrogen-bond acceptors (Lipinski definition) is 3. The molecule has 0 aromatic carbocycles. The van der Waals surface area contributed by atoms with Crippen molar-refractivity contribution >= 4 is 27.3 Å². The smallest absolute Gasteiger partial charge is 0.0314 e. The van der Waals surface area contributed by atoms with E-state index in [1.165, 1.54) is 15.8 Å². The van der Waals surface area contributed by atoms with Gasteiger partial charge in [0.1, 0.15) is 0 Å². The summed E-state index contributed by atoms with van der Waals surface area (Å²) in [6.07, 6.45) is 2.26. The lowest BCUT2D eigenvalue weighted by Gasteiger charge is -2.44. The lowest BCUT2D eigenvalue weighted by atomic mass is 9.89. The minimum absolute atomic E-state index is 0.155. The van der Waals surface area contributed by atoms with Gasteiger partial charge in [-0.3, -0.25) is 4.90 Å². The second-order valence-corrected chi connectivity index (χ2v) is 7.58. The summed E-state index contributed by atoms with van der Waals surface area (Å²) >= 11 is 5.52. The van der Waals surface area contributed by atoms with E-state index in [9.17, 15) is 0 Å². The largest absolute Gasteiger partial charge is 0.312 e. The summed E-state index contributed by atoms with van der Waals surface area (Å²) in [7, 11) is 0. The molecule has 0 amide bonds. The Hall–Kier alpha value is 0.1000. The fraction of sp³-hybridized carbons (Fsp3) is 0.750. The Morgan fingerprint density at radius 2 is 1.95 bits per heavy atom. The Kier molecular flexibility index (Phi) is 7.73. The number of hydrogen-bond donors (Lipinski definition) is 1. The summed E-state index contributed by atoms with van der Waals surface area (Å²) in [6.45, 7) is 14.8. The van der Waals surface area contributed by atoms with Crippen LogP contribution in [0.4, 0.5) is 0 Å². The topological polar surface area (TPSA) is 15.3 Å². The van der Waals surface area contributed by atoms with Gasteiger partial charge in [0.05, 0.1) is 0 Å². The van der Waals surface area contributed by atoms with Crippen molar-refractivity contribution in [2.24, 2.45) is 0 Å². The van der Waals surface area contributed by atoms with Crippen LogP contribution in [-0.2, 0) is 6.42 Å². The van der Waals surface area contributed by atoms with Crippen molar-refractivity contribution in [2.75, 3.05) is 19.6 Å². The molecule has 1 unspecified atom stereocenters. The highest BCUT2D eigenvalue weighted by molar-refractivity contribution is 9.10. The van der Waals surface area contributed by atoms with Gasteiger partial charge in [0.25, 0.3) is 0 Å². The van der Waals surface area contributed by atoms with E-state index in [1.807, 2.05) is 11.3 Å². The first-order chi connectivity index (χ1) is 9.47. The first-order valence-electron chi connectivity index (χ1n) is 7.67. The van der Waals surface area contributed by atoms with Gasteiger partial charge in [0.15, 0.2) is 0 Å². The standard InChI is InChI=1S/C16H29BrN2S/c1-6-10-18-15(12-14-13(17)9-11-20-14)16(4,5)19(7-2)8-3/h9,11,15,18H,6-8,10,12H2,1-5H3. The molecule has 1 aromatic heterocycles.